The summed E-state index contributed by atoms with van der Waals surface area (Å²) in [4.78, 5) is 26.5. The number of nitrogens with zero attached hydrogens (tertiary/aromatic N) is 1. The van der Waals surface area contributed by atoms with Crippen molar-refractivity contribution in [3.63, 3.8) is 0 Å². The summed E-state index contributed by atoms with van der Waals surface area (Å²) in [6, 6.07) is 8.19. The first-order valence-electron chi connectivity index (χ1n) is 8.77. The van der Waals surface area contributed by atoms with Crippen LogP contribution in [0.25, 0.3) is 0 Å². The topological polar surface area (TPSA) is 55.8 Å². The Labute approximate surface area is 150 Å². The first-order valence-corrected chi connectivity index (χ1v) is 8.77. The number of methoxy groups -OCH3 is 1. The Morgan fingerprint density at radius 3 is 2.36 bits per heavy atom. The lowest BCUT2D eigenvalue weighted by Gasteiger charge is -2.40. The Kier molecular flexibility index (Phi) is 5.76. The molecule has 5 heteroatoms. The Morgan fingerprint density at radius 2 is 1.84 bits per heavy atom. The number of hydrogen-bond donors (Lipinski definition) is 0. The SMILES string of the molecule is COC(=O)C1(Cc2cccc(C)c2)CCN(C(=O)OC(C)(C)C)CC1. The monoisotopic (exact) mass is 347 g/mol. The zero-order valence-electron chi connectivity index (χ0n) is 15.9. The van der Waals surface area contributed by atoms with Gasteiger partial charge < -0.3 is 14.4 Å². The average molecular weight is 347 g/mol. The van der Waals surface area contributed by atoms with Crippen molar-refractivity contribution in [2.45, 2.75) is 52.6 Å². The maximum Gasteiger partial charge on any atom is 0.410 e. The van der Waals surface area contributed by atoms with Gasteiger partial charge in [0.15, 0.2) is 0 Å². The average Bonchev–Trinajstić information content (AvgIpc) is 2.53. The molecule has 138 valence electrons. The van der Waals surface area contributed by atoms with E-state index < -0.39 is 11.0 Å². The molecule has 1 aromatic rings. The molecule has 25 heavy (non-hydrogen) atoms. The van der Waals surface area contributed by atoms with E-state index in [1.807, 2.05) is 45.9 Å². The fourth-order valence-electron chi connectivity index (χ4n) is 3.33. The highest BCUT2D eigenvalue weighted by molar-refractivity contribution is 5.78. The summed E-state index contributed by atoms with van der Waals surface area (Å²) in [6.07, 6.45) is 1.46. The van der Waals surface area contributed by atoms with Crippen molar-refractivity contribution in [1.82, 2.24) is 4.90 Å². The van der Waals surface area contributed by atoms with Crippen LogP contribution in [0.15, 0.2) is 24.3 Å². The standard InChI is InChI=1S/C20H29NO4/c1-15-7-6-8-16(13-15)14-20(17(22)24-5)9-11-21(12-10-20)18(23)25-19(2,3)4/h6-8,13H,9-12,14H2,1-5H3. The minimum Gasteiger partial charge on any atom is -0.469 e. The van der Waals surface area contributed by atoms with E-state index in [4.69, 9.17) is 9.47 Å². The highest BCUT2D eigenvalue weighted by atomic mass is 16.6. The Balaban J connectivity index is 2.11. The van der Waals surface area contributed by atoms with E-state index in [-0.39, 0.29) is 12.1 Å². The van der Waals surface area contributed by atoms with Crippen molar-refractivity contribution >= 4 is 12.1 Å². The number of likely N-dealkylation sites (tertiary alicyclic amines) is 1. The van der Waals surface area contributed by atoms with Crippen molar-refractivity contribution in [3.05, 3.63) is 35.4 Å². The summed E-state index contributed by atoms with van der Waals surface area (Å²) in [7, 11) is 1.43. The first kappa shape index (κ1) is 19.3. The van der Waals surface area contributed by atoms with E-state index in [2.05, 4.69) is 6.07 Å². The van der Waals surface area contributed by atoms with Crippen molar-refractivity contribution in [2.24, 2.45) is 5.41 Å². The van der Waals surface area contributed by atoms with Gasteiger partial charge in [-0.2, -0.15) is 0 Å². The minimum absolute atomic E-state index is 0.196. The highest BCUT2D eigenvalue weighted by Gasteiger charge is 2.43. The summed E-state index contributed by atoms with van der Waals surface area (Å²) in [5.74, 6) is -0.196. The minimum atomic E-state index is -0.582. The van der Waals surface area contributed by atoms with Gasteiger partial charge in [-0.3, -0.25) is 4.79 Å². The number of ether oxygens (including phenoxy) is 2. The number of aryl methyl sites for hydroxylation is 1. The maximum absolute atomic E-state index is 12.5. The zero-order valence-corrected chi connectivity index (χ0v) is 15.9. The van der Waals surface area contributed by atoms with Crippen molar-refractivity contribution in [1.29, 1.82) is 0 Å². The summed E-state index contributed by atoms with van der Waals surface area (Å²) < 4.78 is 10.5. The third-order valence-corrected chi connectivity index (χ3v) is 4.62. The van der Waals surface area contributed by atoms with Crippen LogP contribution < -0.4 is 0 Å². The molecule has 0 N–H and O–H groups in total. The molecule has 0 unspecified atom stereocenters. The lowest BCUT2D eigenvalue weighted by atomic mass is 9.73. The fourth-order valence-corrected chi connectivity index (χ4v) is 3.33. The second-order valence-corrected chi connectivity index (χ2v) is 7.91. The van der Waals surface area contributed by atoms with Gasteiger partial charge in [-0.1, -0.05) is 29.8 Å². The molecule has 0 bridgehead atoms. The zero-order chi connectivity index (χ0) is 18.7. The fraction of sp³-hybridized carbons (Fsp3) is 0.600. The number of benzene rings is 1. The van der Waals surface area contributed by atoms with Gasteiger partial charge in [-0.15, -0.1) is 0 Å². The molecule has 0 spiro atoms. The molecule has 0 aliphatic carbocycles. The van der Waals surface area contributed by atoms with Gasteiger partial charge in [0.2, 0.25) is 0 Å². The van der Waals surface area contributed by atoms with E-state index in [1.54, 1.807) is 4.90 Å². The number of hydrogen-bond acceptors (Lipinski definition) is 4. The number of carbonyl (C=O) groups is 2. The molecule has 1 amide bonds. The van der Waals surface area contributed by atoms with E-state index in [9.17, 15) is 9.59 Å². The van der Waals surface area contributed by atoms with Gasteiger partial charge in [0, 0.05) is 13.1 Å². The van der Waals surface area contributed by atoms with Gasteiger partial charge in [-0.05, 0) is 52.5 Å². The highest BCUT2D eigenvalue weighted by Crippen LogP contribution is 2.37. The van der Waals surface area contributed by atoms with Crippen molar-refractivity contribution < 1.29 is 19.1 Å². The maximum atomic E-state index is 12.5. The predicted octanol–water partition coefficient (Wildman–Crippen LogP) is 3.73. The molecule has 0 aromatic heterocycles. The van der Waals surface area contributed by atoms with Crippen LogP contribution in [0.4, 0.5) is 4.79 Å². The summed E-state index contributed by atoms with van der Waals surface area (Å²) in [5, 5.41) is 0. The van der Waals surface area contributed by atoms with E-state index in [0.29, 0.717) is 32.4 Å². The Bertz CT molecular complexity index is 625. The molecule has 1 aromatic carbocycles. The molecule has 5 nitrogen and oxygen atoms in total. The largest absolute Gasteiger partial charge is 0.469 e. The smallest absolute Gasteiger partial charge is 0.410 e. The molecule has 1 heterocycles. The number of piperidine rings is 1. The van der Waals surface area contributed by atoms with Crippen LogP contribution in [0.1, 0.15) is 44.7 Å². The van der Waals surface area contributed by atoms with Crippen LogP contribution in [-0.2, 0) is 20.7 Å². The van der Waals surface area contributed by atoms with E-state index in [0.717, 1.165) is 5.56 Å². The third kappa shape index (κ3) is 4.97. The van der Waals surface area contributed by atoms with Crippen LogP contribution in [0.2, 0.25) is 0 Å². The molecule has 0 radical (unpaired) electrons. The first-order chi connectivity index (χ1) is 11.6. The molecule has 1 saturated heterocycles. The number of amides is 1. The quantitative estimate of drug-likeness (QED) is 0.782. The van der Waals surface area contributed by atoms with Gasteiger partial charge >= 0.3 is 12.1 Å². The van der Waals surface area contributed by atoms with Crippen molar-refractivity contribution in [3.8, 4) is 0 Å². The molecule has 0 atom stereocenters. The Hall–Kier alpha value is -2.04. The lowest BCUT2D eigenvalue weighted by Crippen LogP contribution is -2.49. The van der Waals surface area contributed by atoms with E-state index >= 15 is 0 Å². The summed E-state index contributed by atoms with van der Waals surface area (Å²) >= 11 is 0. The molecule has 2 rings (SSSR count). The second kappa shape index (κ2) is 7.46. The summed E-state index contributed by atoms with van der Waals surface area (Å²) in [6.45, 7) is 8.59. The molecule has 0 saturated carbocycles. The lowest BCUT2D eigenvalue weighted by molar-refractivity contribution is -0.155. The van der Waals surface area contributed by atoms with Crippen LogP contribution in [-0.4, -0.2) is 42.8 Å². The van der Waals surface area contributed by atoms with Gasteiger partial charge in [0.1, 0.15) is 5.60 Å². The van der Waals surface area contributed by atoms with Crippen molar-refractivity contribution in [2.75, 3.05) is 20.2 Å². The third-order valence-electron chi connectivity index (χ3n) is 4.62. The molecular formula is C20H29NO4. The number of carbonyl (C=O) groups excluding carboxylic acids is 2. The second-order valence-electron chi connectivity index (χ2n) is 7.91. The summed E-state index contributed by atoms with van der Waals surface area (Å²) in [5.41, 5.74) is 1.19. The van der Waals surface area contributed by atoms with E-state index in [1.165, 1.54) is 12.7 Å². The van der Waals surface area contributed by atoms with Gasteiger partial charge in [0.05, 0.1) is 12.5 Å². The Morgan fingerprint density at radius 1 is 1.20 bits per heavy atom. The normalized spacial score (nSPS) is 17.1. The van der Waals surface area contributed by atoms with Gasteiger partial charge in [0.25, 0.3) is 0 Å². The van der Waals surface area contributed by atoms with Crippen LogP contribution in [0, 0.1) is 12.3 Å². The number of esters is 1. The van der Waals surface area contributed by atoms with Crippen LogP contribution in [0.5, 0.6) is 0 Å². The molecule has 1 aliphatic heterocycles. The molecule has 1 fully saturated rings. The van der Waals surface area contributed by atoms with Gasteiger partial charge in [-0.25, -0.2) is 4.79 Å². The predicted molar refractivity (Wildman–Crippen MR) is 96.4 cm³/mol. The number of rotatable bonds is 3. The van der Waals surface area contributed by atoms with Crippen LogP contribution in [0.3, 0.4) is 0 Å². The molecule has 1 aliphatic rings. The molecular weight excluding hydrogens is 318 g/mol. The van der Waals surface area contributed by atoms with Crippen LogP contribution >= 0.6 is 0 Å².